The van der Waals surface area contributed by atoms with Crippen molar-refractivity contribution < 1.29 is 14.6 Å². The Morgan fingerprint density at radius 3 is 2.43 bits per heavy atom. The van der Waals surface area contributed by atoms with Crippen LogP contribution in [0.2, 0.25) is 15.1 Å². The van der Waals surface area contributed by atoms with Crippen LogP contribution in [0.3, 0.4) is 0 Å². The average Bonchev–Trinajstić information content (AvgIpc) is 2.44. The van der Waals surface area contributed by atoms with E-state index in [1.807, 2.05) is 0 Å². The smallest absolute Gasteiger partial charge is 0.258 e. The molecule has 0 heterocycles. The predicted molar refractivity (Wildman–Crippen MR) is 83.4 cm³/mol. The van der Waals surface area contributed by atoms with Gasteiger partial charge in [0, 0.05) is 12.1 Å². The van der Waals surface area contributed by atoms with E-state index in [9.17, 15) is 9.90 Å². The summed E-state index contributed by atoms with van der Waals surface area (Å²) in [6.45, 7) is -0.142. The van der Waals surface area contributed by atoms with Crippen molar-refractivity contribution >= 4 is 40.7 Å². The molecule has 21 heavy (non-hydrogen) atoms. The van der Waals surface area contributed by atoms with Crippen LogP contribution < -0.4 is 10.1 Å². The van der Waals surface area contributed by atoms with Crippen LogP contribution in [-0.4, -0.2) is 29.8 Å². The van der Waals surface area contributed by atoms with Gasteiger partial charge in [-0.25, -0.2) is 0 Å². The number of rotatable bonds is 4. The zero-order valence-electron chi connectivity index (χ0n) is 11.2. The van der Waals surface area contributed by atoms with Gasteiger partial charge in [0.15, 0.2) is 6.61 Å². The molecule has 1 fully saturated rings. The van der Waals surface area contributed by atoms with E-state index in [4.69, 9.17) is 39.5 Å². The van der Waals surface area contributed by atoms with Crippen LogP contribution in [0.4, 0.5) is 0 Å². The van der Waals surface area contributed by atoms with E-state index in [0.717, 1.165) is 12.8 Å². The lowest BCUT2D eigenvalue weighted by Gasteiger charge is -2.26. The average molecular weight is 353 g/mol. The van der Waals surface area contributed by atoms with E-state index >= 15 is 0 Å². The molecule has 0 radical (unpaired) electrons. The summed E-state index contributed by atoms with van der Waals surface area (Å²) >= 11 is 17.7. The van der Waals surface area contributed by atoms with E-state index in [0.29, 0.717) is 33.7 Å². The van der Waals surface area contributed by atoms with Gasteiger partial charge in [-0.15, -0.1) is 0 Å². The third kappa shape index (κ3) is 4.92. The number of hydrogen-bond acceptors (Lipinski definition) is 3. The van der Waals surface area contributed by atoms with Crippen molar-refractivity contribution in [3.63, 3.8) is 0 Å². The highest BCUT2D eigenvalue weighted by molar-refractivity contribution is 6.43. The van der Waals surface area contributed by atoms with Gasteiger partial charge in [0.1, 0.15) is 5.75 Å². The van der Waals surface area contributed by atoms with Crippen LogP contribution >= 0.6 is 34.8 Å². The van der Waals surface area contributed by atoms with Crippen molar-refractivity contribution in [3.05, 3.63) is 27.2 Å². The van der Waals surface area contributed by atoms with Crippen molar-refractivity contribution in [2.75, 3.05) is 6.61 Å². The molecule has 1 aromatic rings. The molecule has 0 spiro atoms. The Balaban J connectivity index is 1.83. The number of aliphatic hydroxyl groups is 1. The Morgan fingerprint density at radius 2 is 1.76 bits per heavy atom. The van der Waals surface area contributed by atoms with Gasteiger partial charge in [-0.05, 0) is 31.7 Å². The highest BCUT2D eigenvalue weighted by atomic mass is 35.5. The third-order valence-electron chi connectivity index (χ3n) is 3.40. The van der Waals surface area contributed by atoms with Gasteiger partial charge < -0.3 is 15.2 Å². The summed E-state index contributed by atoms with van der Waals surface area (Å²) in [7, 11) is 0. The number of nitrogens with one attached hydrogen (secondary N) is 1. The molecule has 0 unspecified atom stereocenters. The number of hydrogen-bond donors (Lipinski definition) is 2. The summed E-state index contributed by atoms with van der Waals surface area (Å²) in [4.78, 5) is 11.8. The fourth-order valence-electron chi connectivity index (χ4n) is 2.25. The number of carbonyl (C=O) groups is 1. The van der Waals surface area contributed by atoms with Crippen LogP contribution in [0.15, 0.2) is 12.1 Å². The van der Waals surface area contributed by atoms with Gasteiger partial charge >= 0.3 is 0 Å². The molecular weight excluding hydrogens is 337 g/mol. The first-order valence-corrected chi connectivity index (χ1v) is 7.84. The predicted octanol–water partition coefficient (Wildman–Crippen LogP) is 3.45. The number of amides is 1. The Hall–Kier alpha value is -0.680. The normalized spacial score (nSPS) is 21.9. The molecule has 1 saturated carbocycles. The molecule has 2 rings (SSSR count). The zero-order valence-corrected chi connectivity index (χ0v) is 13.5. The molecular formula is C14H16Cl3NO3. The first-order chi connectivity index (χ1) is 9.95. The Labute approximate surface area is 138 Å². The van der Waals surface area contributed by atoms with Gasteiger partial charge in [0.25, 0.3) is 5.91 Å². The SMILES string of the molecule is O=C(COc1cc(Cl)c(Cl)cc1Cl)NC1CCC(O)CC1. The standard InChI is InChI=1S/C14H16Cl3NO3/c15-10-5-12(17)13(6-11(10)16)21-7-14(20)18-8-1-3-9(19)4-2-8/h5-6,8-9,19H,1-4,7H2,(H,18,20). The third-order valence-corrected chi connectivity index (χ3v) is 4.41. The second-order valence-corrected chi connectivity index (χ2v) is 6.28. The van der Waals surface area contributed by atoms with E-state index in [1.54, 1.807) is 0 Å². The number of aliphatic hydroxyl groups excluding tert-OH is 1. The summed E-state index contributed by atoms with van der Waals surface area (Å²) in [5.74, 6) is 0.0961. The van der Waals surface area contributed by atoms with E-state index in [1.165, 1.54) is 12.1 Å². The van der Waals surface area contributed by atoms with Crippen LogP contribution in [0.25, 0.3) is 0 Å². The van der Waals surface area contributed by atoms with Gasteiger partial charge in [-0.3, -0.25) is 4.79 Å². The van der Waals surface area contributed by atoms with Gasteiger partial charge in [-0.2, -0.15) is 0 Å². The molecule has 0 atom stereocenters. The lowest BCUT2D eigenvalue weighted by atomic mass is 9.93. The lowest BCUT2D eigenvalue weighted by Crippen LogP contribution is -2.40. The fourth-order valence-corrected chi connectivity index (χ4v) is 2.84. The molecule has 0 aliphatic heterocycles. The summed E-state index contributed by atoms with van der Waals surface area (Å²) in [6.07, 6.45) is 2.74. The molecule has 1 aliphatic carbocycles. The first kappa shape index (κ1) is 16.7. The second-order valence-electron chi connectivity index (χ2n) is 5.06. The zero-order chi connectivity index (χ0) is 15.4. The minimum absolute atomic E-state index is 0.0915. The summed E-state index contributed by atoms with van der Waals surface area (Å²) < 4.78 is 5.36. The second kappa shape index (κ2) is 7.54. The quantitative estimate of drug-likeness (QED) is 0.816. The molecule has 0 bridgehead atoms. The molecule has 116 valence electrons. The van der Waals surface area contributed by atoms with Gasteiger partial charge in [0.2, 0.25) is 0 Å². The molecule has 0 aromatic heterocycles. The van der Waals surface area contributed by atoms with Crippen molar-refractivity contribution in [3.8, 4) is 5.75 Å². The van der Waals surface area contributed by atoms with Crippen molar-refractivity contribution in [2.45, 2.75) is 37.8 Å². The molecule has 1 aliphatic rings. The van der Waals surface area contributed by atoms with Gasteiger partial charge in [-0.1, -0.05) is 34.8 Å². The Kier molecular flexibility index (Phi) is 5.99. The Bertz CT molecular complexity index is 516. The monoisotopic (exact) mass is 351 g/mol. The van der Waals surface area contributed by atoms with Crippen LogP contribution in [0.1, 0.15) is 25.7 Å². The lowest BCUT2D eigenvalue weighted by molar-refractivity contribution is -0.124. The van der Waals surface area contributed by atoms with Crippen LogP contribution in [-0.2, 0) is 4.79 Å². The van der Waals surface area contributed by atoms with Crippen molar-refractivity contribution in [2.24, 2.45) is 0 Å². The van der Waals surface area contributed by atoms with Crippen molar-refractivity contribution in [1.82, 2.24) is 5.32 Å². The van der Waals surface area contributed by atoms with Crippen molar-refractivity contribution in [1.29, 1.82) is 0 Å². The molecule has 4 nitrogen and oxygen atoms in total. The number of ether oxygens (including phenoxy) is 1. The van der Waals surface area contributed by atoms with Crippen LogP contribution in [0.5, 0.6) is 5.75 Å². The Morgan fingerprint density at radius 1 is 1.14 bits per heavy atom. The highest BCUT2D eigenvalue weighted by Crippen LogP contribution is 2.33. The topological polar surface area (TPSA) is 58.6 Å². The van der Waals surface area contributed by atoms with Crippen LogP contribution in [0, 0.1) is 0 Å². The number of halogens is 3. The number of benzene rings is 1. The summed E-state index contributed by atoms with van der Waals surface area (Å²) in [5, 5.41) is 13.2. The van der Waals surface area contributed by atoms with E-state index in [-0.39, 0.29) is 24.7 Å². The highest BCUT2D eigenvalue weighted by Gasteiger charge is 2.21. The maximum atomic E-state index is 11.8. The maximum absolute atomic E-state index is 11.8. The molecule has 1 amide bonds. The molecule has 7 heteroatoms. The minimum atomic E-state index is -0.246. The maximum Gasteiger partial charge on any atom is 0.258 e. The fraction of sp³-hybridized carbons (Fsp3) is 0.500. The molecule has 1 aromatic carbocycles. The van der Waals surface area contributed by atoms with E-state index in [2.05, 4.69) is 5.32 Å². The number of carbonyl (C=O) groups excluding carboxylic acids is 1. The summed E-state index contributed by atoms with van der Waals surface area (Å²) in [6, 6.07) is 3.05. The largest absolute Gasteiger partial charge is 0.482 e. The molecule has 0 saturated heterocycles. The van der Waals surface area contributed by atoms with E-state index < -0.39 is 0 Å². The molecule has 2 N–H and O–H groups in total. The first-order valence-electron chi connectivity index (χ1n) is 6.70. The van der Waals surface area contributed by atoms with Gasteiger partial charge in [0.05, 0.1) is 21.2 Å². The summed E-state index contributed by atoms with van der Waals surface area (Å²) in [5.41, 5.74) is 0. The minimum Gasteiger partial charge on any atom is -0.482 e.